The van der Waals surface area contributed by atoms with Crippen LogP contribution in [0.25, 0.3) is 0 Å². The molecular weight excluding hydrogens is 303 g/mol. The molecule has 2 aliphatic rings. The zero-order chi connectivity index (χ0) is 12.5. The number of hydrogen-bond acceptors (Lipinski definition) is 4. The zero-order valence-electron chi connectivity index (χ0n) is 9.84. The lowest BCUT2D eigenvalue weighted by molar-refractivity contribution is 0.173. The normalized spacial score (nSPS) is 19.2. The van der Waals surface area contributed by atoms with Crippen LogP contribution in [-0.4, -0.2) is 37.9 Å². The predicted molar refractivity (Wildman–Crippen MR) is 68.4 cm³/mol. The van der Waals surface area contributed by atoms with Gasteiger partial charge in [0.05, 0.1) is 4.47 Å². The first-order valence-electron chi connectivity index (χ1n) is 5.95. The van der Waals surface area contributed by atoms with Crippen molar-refractivity contribution in [2.24, 2.45) is 0 Å². The van der Waals surface area contributed by atoms with Crippen molar-refractivity contribution in [1.82, 2.24) is 10.2 Å². The first-order valence-corrected chi connectivity index (χ1v) is 6.74. The van der Waals surface area contributed by atoms with Crippen molar-refractivity contribution in [3.8, 4) is 11.5 Å². The number of nitrogens with zero attached hydrogens (tertiary/aromatic N) is 1. The fraction of sp³-hybridized carbons (Fsp3) is 0.500. The van der Waals surface area contributed by atoms with Gasteiger partial charge in [0.25, 0.3) is 0 Å². The van der Waals surface area contributed by atoms with Gasteiger partial charge in [-0.25, -0.2) is 4.39 Å². The molecule has 1 aromatic rings. The van der Waals surface area contributed by atoms with Crippen LogP contribution in [0.1, 0.15) is 5.56 Å². The van der Waals surface area contributed by atoms with E-state index in [-0.39, 0.29) is 12.6 Å². The highest BCUT2D eigenvalue weighted by Crippen LogP contribution is 2.42. The van der Waals surface area contributed by atoms with Gasteiger partial charge in [-0.15, -0.1) is 0 Å². The highest BCUT2D eigenvalue weighted by atomic mass is 79.9. The van der Waals surface area contributed by atoms with Gasteiger partial charge in [-0.2, -0.15) is 0 Å². The molecule has 0 amide bonds. The molecule has 3 rings (SSSR count). The Morgan fingerprint density at radius 1 is 1.33 bits per heavy atom. The molecule has 0 aromatic heterocycles. The Morgan fingerprint density at radius 2 is 2.11 bits per heavy atom. The lowest BCUT2D eigenvalue weighted by Crippen LogP contribution is -2.43. The average Bonchev–Trinajstić information content (AvgIpc) is 2.84. The Labute approximate surface area is 113 Å². The average molecular weight is 317 g/mol. The van der Waals surface area contributed by atoms with E-state index in [4.69, 9.17) is 9.47 Å². The van der Waals surface area contributed by atoms with E-state index < -0.39 is 0 Å². The van der Waals surface area contributed by atoms with Gasteiger partial charge in [0, 0.05) is 44.4 Å². The van der Waals surface area contributed by atoms with Gasteiger partial charge in [-0.3, -0.25) is 4.90 Å². The molecule has 6 heteroatoms. The molecule has 1 fully saturated rings. The van der Waals surface area contributed by atoms with Crippen molar-refractivity contribution in [1.29, 1.82) is 0 Å². The molecule has 2 heterocycles. The highest BCUT2D eigenvalue weighted by molar-refractivity contribution is 9.10. The maximum Gasteiger partial charge on any atom is 0.231 e. The monoisotopic (exact) mass is 316 g/mol. The molecular formula is C12H14BrFN2O2. The van der Waals surface area contributed by atoms with Gasteiger partial charge in [-0.05, 0) is 15.9 Å². The van der Waals surface area contributed by atoms with E-state index in [0.717, 1.165) is 26.2 Å². The van der Waals surface area contributed by atoms with Gasteiger partial charge >= 0.3 is 0 Å². The number of benzene rings is 1. The third-order valence-corrected chi connectivity index (χ3v) is 4.08. The van der Waals surface area contributed by atoms with Crippen molar-refractivity contribution < 1.29 is 13.9 Å². The maximum atomic E-state index is 14.1. The smallest absolute Gasteiger partial charge is 0.231 e. The Balaban J connectivity index is 1.87. The maximum absolute atomic E-state index is 14.1. The number of hydrogen-bond donors (Lipinski definition) is 1. The zero-order valence-corrected chi connectivity index (χ0v) is 11.4. The molecule has 0 saturated carbocycles. The first-order chi connectivity index (χ1) is 8.75. The minimum Gasteiger partial charge on any atom is -0.453 e. The Morgan fingerprint density at radius 3 is 2.89 bits per heavy atom. The third kappa shape index (κ3) is 2.20. The van der Waals surface area contributed by atoms with Gasteiger partial charge in [0.2, 0.25) is 6.79 Å². The summed E-state index contributed by atoms with van der Waals surface area (Å²) in [5.41, 5.74) is 0.640. The van der Waals surface area contributed by atoms with Crippen LogP contribution in [0.3, 0.4) is 0 Å². The molecule has 4 nitrogen and oxygen atoms in total. The summed E-state index contributed by atoms with van der Waals surface area (Å²) in [4.78, 5) is 2.22. The second-order valence-corrected chi connectivity index (χ2v) is 5.20. The minimum atomic E-state index is -0.246. The van der Waals surface area contributed by atoms with E-state index in [2.05, 4.69) is 26.1 Å². The Kier molecular flexibility index (Phi) is 3.41. The van der Waals surface area contributed by atoms with Crippen LogP contribution in [0.15, 0.2) is 10.5 Å². The predicted octanol–water partition coefficient (Wildman–Crippen LogP) is 1.72. The summed E-state index contributed by atoms with van der Waals surface area (Å²) in [5, 5.41) is 3.28. The summed E-state index contributed by atoms with van der Waals surface area (Å²) < 4.78 is 25.3. The number of nitrogens with one attached hydrogen (secondary N) is 1. The van der Waals surface area contributed by atoms with Crippen LogP contribution in [0.2, 0.25) is 0 Å². The standard InChI is InChI=1S/C12H14BrFN2O2/c13-11-8(6-16-3-1-15-2-4-16)9(14)5-10-12(11)18-7-17-10/h5,15H,1-4,6-7H2. The largest absolute Gasteiger partial charge is 0.453 e. The third-order valence-electron chi connectivity index (χ3n) is 3.24. The van der Waals surface area contributed by atoms with Crippen LogP contribution in [-0.2, 0) is 6.54 Å². The summed E-state index contributed by atoms with van der Waals surface area (Å²) in [6, 6.07) is 1.41. The SMILES string of the molecule is Fc1cc2c(c(Br)c1CN1CCNCC1)OCO2. The number of halogens is 2. The van der Waals surface area contributed by atoms with Crippen LogP contribution >= 0.6 is 15.9 Å². The molecule has 0 unspecified atom stereocenters. The van der Waals surface area contributed by atoms with E-state index in [1.165, 1.54) is 6.07 Å². The molecule has 0 bridgehead atoms. The fourth-order valence-electron chi connectivity index (χ4n) is 2.25. The lowest BCUT2D eigenvalue weighted by Gasteiger charge is -2.27. The van der Waals surface area contributed by atoms with E-state index >= 15 is 0 Å². The van der Waals surface area contributed by atoms with Crippen LogP contribution in [0.4, 0.5) is 4.39 Å². The van der Waals surface area contributed by atoms with Gasteiger partial charge in [0.1, 0.15) is 5.82 Å². The number of rotatable bonds is 2. The van der Waals surface area contributed by atoms with E-state index in [0.29, 0.717) is 28.1 Å². The summed E-state index contributed by atoms with van der Waals surface area (Å²) in [5.74, 6) is 0.842. The van der Waals surface area contributed by atoms with Crippen molar-refractivity contribution in [2.45, 2.75) is 6.54 Å². The van der Waals surface area contributed by atoms with E-state index in [1.807, 2.05) is 0 Å². The second kappa shape index (κ2) is 5.03. The van der Waals surface area contributed by atoms with Crippen molar-refractivity contribution in [2.75, 3.05) is 33.0 Å². The molecule has 0 aliphatic carbocycles. The number of piperazine rings is 1. The fourth-order valence-corrected chi connectivity index (χ4v) is 2.87. The Bertz CT molecular complexity index is 464. The Hall–Kier alpha value is -0.850. The topological polar surface area (TPSA) is 33.7 Å². The van der Waals surface area contributed by atoms with Crippen LogP contribution in [0.5, 0.6) is 11.5 Å². The molecule has 0 radical (unpaired) electrons. The molecule has 0 spiro atoms. The van der Waals surface area contributed by atoms with Crippen molar-refractivity contribution in [3.63, 3.8) is 0 Å². The van der Waals surface area contributed by atoms with Gasteiger partial charge in [0.15, 0.2) is 11.5 Å². The highest BCUT2D eigenvalue weighted by Gasteiger charge is 2.24. The molecule has 98 valence electrons. The summed E-state index contributed by atoms with van der Waals surface area (Å²) in [6.45, 7) is 4.50. The van der Waals surface area contributed by atoms with E-state index in [1.54, 1.807) is 0 Å². The van der Waals surface area contributed by atoms with Crippen molar-refractivity contribution >= 4 is 15.9 Å². The molecule has 0 atom stereocenters. The molecule has 1 saturated heterocycles. The van der Waals surface area contributed by atoms with Crippen LogP contribution in [0, 0.1) is 5.82 Å². The van der Waals surface area contributed by atoms with Crippen molar-refractivity contribution in [3.05, 3.63) is 21.9 Å². The first kappa shape index (κ1) is 12.2. The molecule has 1 N–H and O–H groups in total. The van der Waals surface area contributed by atoms with Gasteiger partial charge in [-0.1, -0.05) is 0 Å². The number of ether oxygens (including phenoxy) is 2. The molecule has 2 aliphatic heterocycles. The second-order valence-electron chi connectivity index (χ2n) is 4.41. The summed E-state index contributed by atoms with van der Waals surface area (Å²) in [6.07, 6.45) is 0. The quantitative estimate of drug-likeness (QED) is 0.901. The van der Waals surface area contributed by atoms with E-state index in [9.17, 15) is 4.39 Å². The summed E-state index contributed by atoms with van der Waals surface area (Å²) in [7, 11) is 0. The minimum absolute atomic E-state index is 0.157. The summed E-state index contributed by atoms with van der Waals surface area (Å²) >= 11 is 3.42. The van der Waals surface area contributed by atoms with Crippen LogP contribution < -0.4 is 14.8 Å². The van der Waals surface area contributed by atoms with Gasteiger partial charge < -0.3 is 14.8 Å². The number of fused-ring (bicyclic) bond motifs is 1. The molecule has 1 aromatic carbocycles. The lowest BCUT2D eigenvalue weighted by atomic mass is 10.1. The molecule has 18 heavy (non-hydrogen) atoms.